The summed E-state index contributed by atoms with van der Waals surface area (Å²) in [7, 11) is 4.19. The highest BCUT2D eigenvalue weighted by atomic mass is 127. The minimum absolute atomic E-state index is 0. The third-order valence-corrected chi connectivity index (χ3v) is 3.37. The number of guanidine groups is 1. The Balaban J connectivity index is 0.00000484. The Morgan fingerprint density at radius 2 is 1.96 bits per heavy atom. The van der Waals surface area contributed by atoms with Crippen LogP contribution < -0.4 is 10.6 Å². The molecule has 4 nitrogen and oxygen atoms in total. The second-order valence-electron chi connectivity index (χ2n) is 6.58. The van der Waals surface area contributed by atoms with Crippen LogP contribution in [0.3, 0.4) is 0 Å². The van der Waals surface area contributed by atoms with E-state index in [0.29, 0.717) is 6.54 Å². The van der Waals surface area contributed by atoms with E-state index in [0.717, 1.165) is 36.2 Å². The summed E-state index contributed by atoms with van der Waals surface area (Å²) in [5.41, 5.74) is 1.28. The average Bonchev–Trinajstić information content (AvgIpc) is 2.40. The van der Waals surface area contributed by atoms with Gasteiger partial charge in [0, 0.05) is 24.7 Å². The van der Waals surface area contributed by atoms with Gasteiger partial charge >= 0.3 is 0 Å². The fourth-order valence-corrected chi connectivity index (χ4v) is 2.60. The van der Waals surface area contributed by atoms with Crippen molar-refractivity contribution in [3.05, 3.63) is 34.9 Å². The highest BCUT2D eigenvalue weighted by Crippen LogP contribution is 2.14. The zero-order chi connectivity index (χ0) is 16.6. The molecule has 6 heteroatoms. The molecule has 0 heterocycles. The zero-order valence-electron chi connectivity index (χ0n) is 14.8. The lowest BCUT2D eigenvalue weighted by atomic mass is 9.93. The molecule has 1 aromatic carbocycles. The highest BCUT2D eigenvalue weighted by molar-refractivity contribution is 14.0. The molecule has 0 spiro atoms. The van der Waals surface area contributed by atoms with Crippen LogP contribution in [0.15, 0.2) is 29.3 Å². The number of hydrogen-bond acceptors (Lipinski definition) is 2. The normalized spacial score (nSPS) is 12.0. The van der Waals surface area contributed by atoms with Crippen molar-refractivity contribution in [1.82, 2.24) is 15.5 Å². The van der Waals surface area contributed by atoms with E-state index in [-0.39, 0.29) is 29.4 Å². The molecular weight excluding hydrogens is 423 g/mol. The highest BCUT2D eigenvalue weighted by Gasteiger charge is 2.19. The van der Waals surface area contributed by atoms with Crippen LogP contribution in [-0.4, -0.2) is 44.6 Å². The van der Waals surface area contributed by atoms with Gasteiger partial charge in [-0.1, -0.05) is 37.6 Å². The maximum atomic E-state index is 6.01. The van der Waals surface area contributed by atoms with Crippen molar-refractivity contribution < 1.29 is 0 Å². The van der Waals surface area contributed by atoms with Crippen LogP contribution in [0.1, 0.15) is 26.3 Å². The van der Waals surface area contributed by atoms with Crippen LogP contribution in [0.4, 0.5) is 0 Å². The van der Waals surface area contributed by atoms with Crippen LogP contribution in [0.2, 0.25) is 5.02 Å². The molecule has 132 valence electrons. The quantitative estimate of drug-likeness (QED) is 0.377. The first kappa shape index (κ1) is 22.5. The zero-order valence-corrected chi connectivity index (χ0v) is 17.9. The smallest absolute Gasteiger partial charge is 0.191 e. The predicted molar refractivity (Wildman–Crippen MR) is 112 cm³/mol. The van der Waals surface area contributed by atoms with Crippen molar-refractivity contribution in [2.75, 3.05) is 33.7 Å². The molecule has 2 N–H and O–H groups in total. The van der Waals surface area contributed by atoms with E-state index in [1.54, 1.807) is 0 Å². The van der Waals surface area contributed by atoms with Gasteiger partial charge in [-0.2, -0.15) is 0 Å². The number of benzene rings is 1. The Labute approximate surface area is 163 Å². The molecular formula is C17H30ClIN4. The Bertz CT molecular complexity index is 489. The fraction of sp³-hybridized carbons (Fsp3) is 0.588. The Morgan fingerprint density at radius 3 is 2.52 bits per heavy atom. The average molecular weight is 453 g/mol. The Hall–Kier alpha value is -0.530. The minimum Gasteiger partial charge on any atom is -0.357 e. The summed E-state index contributed by atoms with van der Waals surface area (Å²) in [6, 6.07) is 7.81. The second kappa shape index (κ2) is 11.1. The summed E-state index contributed by atoms with van der Waals surface area (Å²) in [6.07, 6.45) is 0. The van der Waals surface area contributed by atoms with E-state index < -0.39 is 0 Å². The maximum Gasteiger partial charge on any atom is 0.191 e. The number of nitrogens with zero attached hydrogens (tertiary/aromatic N) is 2. The molecule has 0 aliphatic heterocycles. The van der Waals surface area contributed by atoms with E-state index in [4.69, 9.17) is 11.6 Å². The summed E-state index contributed by atoms with van der Waals surface area (Å²) in [5, 5.41) is 7.46. The lowest BCUT2D eigenvalue weighted by molar-refractivity contribution is 0.241. The molecule has 0 aliphatic rings. The van der Waals surface area contributed by atoms with Crippen LogP contribution in [0.25, 0.3) is 0 Å². The van der Waals surface area contributed by atoms with Crippen LogP contribution in [-0.2, 0) is 6.54 Å². The lowest BCUT2D eigenvalue weighted by Crippen LogP contribution is -2.44. The van der Waals surface area contributed by atoms with E-state index >= 15 is 0 Å². The van der Waals surface area contributed by atoms with Crippen LogP contribution in [0.5, 0.6) is 0 Å². The maximum absolute atomic E-state index is 6.01. The number of halogens is 2. The van der Waals surface area contributed by atoms with Gasteiger partial charge in [-0.15, -0.1) is 24.0 Å². The van der Waals surface area contributed by atoms with Gasteiger partial charge in [0.25, 0.3) is 0 Å². The molecule has 0 atom stereocenters. The number of nitrogens with one attached hydrogen (secondary N) is 2. The molecule has 0 fully saturated rings. The topological polar surface area (TPSA) is 39.7 Å². The van der Waals surface area contributed by atoms with Crippen molar-refractivity contribution in [1.29, 1.82) is 0 Å². The lowest BCUT2D eigenvalue weighted by Gasteiger charge is -2.29. The summed E-state index contributed by atoms with van der Waals surface area (Å²) in [4.78, 5) is 6.84. The molecule has 0 unspecified atom stereocenters. The van der Waals surface area contributed by atoms with Crippen LogP contribution >= 0.6 is 35.6 Å². The molecule has 1 rings (SSSR count). The molecule has 0 amide bonds. The molecule has 1 aromatic rings. The molecule has 0 bridgehead atoms. The molecule has 0 radical (unpaired) electrons. The van der Waals surface area contributed by atoms with Crippen LogP contribution in [0, 0.1) is 5.41 Å². The monoisotopic (exact) mass is 452 g/mol. The molecule has 0 saturated heterocycles. The SMILES string of the molecule is CCNC(=NCc1cccc(Cl)c1)NCC(C)(C)CN(C)C.I. The van der Waals surface area contributed by atoms with E-state index in [2.05, 4.69) is 55.4 Å². The predicted octanol–water partition coefficient (Wildman–Crippen LogP) is 3.60. The van der Waals surface area contributed by atoms with Gasteiger partial charge in [0.2, 0.25) is 0 Å². The number of hydrogen-bond donors (Lipinski definition) is 2. The van der Waals surface area contributed by atoms with Gasteiger partial charge < -0.3 is 15.5 Å². The van der Waals surface area contributed by atoms with E-state index in [1.807, 2.05) is 24.3 Å². The summed E-state index contributed by atoms with van der Waals surface area (Å²) in [6.45, 7) is 9.92. The van der Waals surface area contributed by atoms with E-state index in [9.17, 15) is 0 Å². The first-order valence-corrected chi connectivity index (χ1v) is 8.11. The molecule has 0 aliphatic carbocycles. The van der Waals surface area contributed by atoms with Gasteiger partial charge in [0.1, 0.15) is 0 Å². The van der Waals surface area contributed by atoms with E-state index in [1.165, 1.54) is 0 Å². The molecule has 0 aromatic heterocycles. The van der Waals surface area contributed by atoms with Crippen molar-refractivity contribution in [3.63, 3.8) is 0 Å². The third-order valence-electron chi connectivity index (χ3n) is 3.13. The Morgan fingerprint density at radius 1 is 1.26 bits per heavy atom. The van der Waals surface area contributed by atoms with Gasteiger partial charge in [-0.05, 0) is 44.1 Å². The van der Waals surface area contributed by atoms with Crippen molar-refractivity contribution in [2.24, 2.45) is 10.4 Å². The van der Waals surface area contributed by atoms with Gasteiger partial charge in [-0.25, -0.2) is 4.99 Å². The van der Waals surface area contributed by atoms with Crippen molar-refractivity contribution in [2.45, 2.75) is 27.3 Å². The summed E-state index contributed by atoms with van der Waals surface area (Å²) < 4.78 is 0. The van der Waals surface area contributed by atoms with Crippen molar-refractivity contribution >= 4 is 41.5 Å². The largest absolute Gasteiger partial charge is 0.357 e. The summed E-state index contributed by atoms with van der Waals surface area (Å²) in [5.74, 6) is 0.842. The van der Waals surface area contributed by atoms with Gasteiger partial charge in [-0.3, -0.25) is 0 Å². The molecule has 0 saturated carbocycles. The molecule has 23 heavy (non-hydrogen) atoms. The third kappa shape index (κ3) is 10.0. The van der Waals surface area contributed by atoms with Gasteiger partial charge in [0.15, 0.2) is 5.96 Å². The Kier molecular flexibility index (Phi) is 10.8. The summed E-state index contributed by atoms with van der Waals surface area (Å²) >= 11 is 6.01. The fourth-order valence-electron chi connectivity index (χ4n) is 2.38. The first-order chi connectivity index (χ1) is 10.3. The number of rotatable bonds is 7. The standard InChI is InChI=1S/C17H29ClN4.HI/c1-6-19-16(21-12-17(2,3)13-22(4)5)20-11-14-8-7-9-15(18)10-14;/h7-10H,6,11-13H2,1-5H3,(H2,19,20,21);1H. The van der Waals surface area contributed by atoms with Gasteiger partial charge in [0.05, 0.1) is 6.54 Å². The number of aliphatic imine (C=N–C) groups is 1. The van der Waals surface area contributed by atoms with Crippen molar-refractivity contribution in [3.8, 4) is 0 Å². The first-order valence-electron chi connectivity index (χ1n) is 7.74. The second-order valence-corrected chi connectivity index (χ2v) is 7.02. The minimum atomic E-state index is 0.